The Bertz CT molecular complexity index is 913. The molecule has 112 valence electrons. The third kappa shape index (κ3) is 2.76. The van der Waals surface area contributed by atoms with Crippen LogP contribution in [-0.2, 0) is 6.54 Å². The molecule has 4 aromatic rings. The molecule has 0 radical (unpaired) electrons. The van der Waals surface area contributed by atoms with E-state index >= 15 is 0 Å². The Morgan fingerprint density at radius 3 is 2.70 bits per heavy atom. The lowest BCUT2D eigenvalue weighted by Crippen LogP contribution is -1.99. The smallest absolute Gasteiger partial charge is 0.155 e. The molecule has 0 saturated heterocycles. The predicted molar refractivity (Wildman–Crippen MR) is 90.0 cm³/mol. The minimum absolute atomic E-state index is 0.763. The first kappa shape index (κ1) is 13.5. The minimum Gasteiger partial charge on any atom is -0.380 e. The molecule has 5 nitrogen and oxygen atoms in total. The molecule has 0 aliphatic carbocycles. The van der Waals surface area contributed by atoms with Crippen LogP contribution in [0.2, 0.25) is 0 Å². The highest BCUT2D eigenvalue weighted by Gasteiger charge is 2.04. The van der Waals surface area contributed by atoms with Gasteiger partial charge in [-0.2, -0.15) is 5.10 Å². The second kappa shape index (κ2) is 5.88. The van der Waals surface area contributed by atoms with Gasteiger partial charge in [-0.25, -0.2) is 9.50 Å². The topological polar surface area (TPSA) is 55.1 Å². The van der Waals surface area contributed by atoms with Gasteiger partial charge in [0.2, 0.25) is 0 Å². The molecule has 3 heterocycles. The normalized spacial score (nSPS) is 10.8. The van der Waals surface area contributed by atoms with Gasteiger partial charge in [-0.05, 0) is 29.8 Å². The second-order valence-electron chi connectivity index (χ2n) is 5.23. The number of nitrogens with one attached hydrogen (secondary N) is 1. The summed E-state index contributed by atoms with van der Waals surface area (Å²) in [6.45, 7) is 0.763. The Morgan fingerprint density at radius 2 is 1.87 bits per heavy atom. The highest BCUT2D eigenvalue weighted by molar-refractivity contribution is 5.63. The van der Waals surface area contributed by atoms with Crippen molar-refractivity contribution in [3.05, 3.63) is 78.9 Å². The van der Waals surface area contributed by atoms with E-state index in [2.05, 4.69) is 44.6 Å². The average molecular weight is 301 g/mol. The van der Waals surface area contributed by atoms with Crippen molar-refractivity contribution < 1.29 is 0 Å². The summed E-state index contributed by atoms with van der Waals surface area (Å²) in [6, 6.07) is 18.4. The van der Waals surface area contributed by atoms with Crippen LogP contribution < -0.4 is 5.32 Å². The van der Waals surface area contributed by atoms with Gasteiger partial charge in [0.05, 0.1) is 11.4 Å². The monoisotopic (exact) mass is 301 g/mol. The van der Waals surface area contributed by atoms with E-state index in [-0.39, 0.29) is 0 Å². The summed E-state index contributed by atoms with van der Waals surface area (Å²) in [6.07, 6.45) is 5.16. The van der Waals surface area contributed by atoms with Crippen molar-refractivity contribution in [2.24, 2.45) is 0 Å². The van der Waals surface area contributed by atoms with E-state index in [9.17, 15) is 0 Å². The van der Waals surface area contributed by atoms with Crippen molar-refractivity contribution >= 4 is 11.3 Å². The maximum Gasteiger partial charge on any atom is 0.155 e. The molecule has 1 aromatic carbocycles. The first-order valence-corrected chi connectivity index (χ1v) is 7.42. The average Bonchev–Trinajstić information content (AvgIpc) is 3.10. The van der Waals surface area contributed by atoms with Crippen LogP contribution in [0.3, 0.4) is 0 Å². The van der Waals surface area contributed by atoms with E-state index in [0.717, 1.165) is 29.1 Å². The number of anilines is 1. The van der Waals surface area contributed by atoms with Crippen molar-refractivity contribution in [1.29, 1.82) is 0 Å². The third-order valence-electron chi connectivity index (χ3n) is 3.71. The van der Waals surface area contributed by atoms with E-state index < -0.39 is 0 Å². The lowest BCUT2D eigenvalue weighted by molar-refractivity contribution is 0.969. The molecule has 23 heavy (non-hydrogen) atoms. The Labute approximate surface area is 133 Å². The number of rotatable bonds is 4. The van der Waals surface area contributed by atoms with Crippen molar-refractivity contribution in [2.75, 3.05) is 5.32 Å². The number of fused-ring (bicyclic) bond motifs is 1. The summed E-state index contributed by atoms with van der Waals surface area (Å²) in [5.41, 5.74) is 5.23. The Kier molecular flexibility index (Phi) is 3.44. The number of benzene rings is 1. The zero-order chi connectivity index (χ0) is 15.5. The number of hydrogen-bond acceptors (Lipinski definition) is 4. The summed E-state index contributed by atoms with van der Waals surface area (Å²) in [5.74, 6) is 0. The molecule has 0 spiro atoms. The van der Waals surface area contributed by atoms with Crippen LogP contribution in [0.1, 0.15) is 5.56 Å². The molecule has 0 aliphatic rings. The zero-order valence-electron chi connectivity index (χ0n) is 12.4. The van der Waals surface area contributed by atoms with Crippen LogP contribution in [-0.4, -0.2) is 19.6 Å². The van der Waals surface area contributed by atoms with E-state index in [1.54, 1.807) is 12.5 Å². The summed E-state index contributed by atoms with van der Waals surface area (Å²) < 4.78 is 1.85. The van der Waals surface area contributed by atoms with Gasteiger partial charge in [0.15, 0.2) is 5.65 Å². The molecule has 0 amide bonds. The molecule has 3 aromatic heterocycles. The molecule has 4 rings (SSSR count). The van der Waals surface area contributed by atoms with Crippen LogP contribution in [0.15, 0.2) is 73.3 Å². The summed E-state index contributed by atoms with van der Waals surface area (Å²) >= 11 is 0. The van der Waals surface area contributed by atoms with Gasteiger partial charge >= 0.3 is 0 Å². The highest BCUT2D eigenvalue weighted by atomic mass is 15.3. The maximum absolute atomic E-state index is 4.28. The third-order valence-corrected chi connectivity index (χ3v) is 3.71. The summed E-state index contributed by atoms with van der Waals surface area (Å²) in [7, 11) is 0. The van der Waals surface area contributed by atoms with Gasteiger partial charge in [-0.15, -0.1) is 0 Å². The van der Waals surface area contributed by atoms with Crippen LogP contribution in [0.4, 0.5) is 5.69 Å². The lowest BCUT2D eigenvalue weighted by atomic mass is 10.1. The summed E-state index contributed by atoms with van der Waals surface area (Å²) in [4.78, 5) is 8.32. The SMILES string of the molecule is c1cncc(NCc2ccc(-c3cccc4ncnn34)cc2)c1. The Hall–Kier alpha value is -3.21. The fraction of sp³-hybridized carbons (Fsp3) is 0.0556. The molecule has 1 N–H and O–H groups in total. The predicted octanol–water partition coefficient (Wildman–Crippen LogP) is 3.40. The Balaban J connectivity index is 1.55. The van der Waals surface area contributed by atoms with Gasteiger partial charge < -0.3 is 5.32 Å². The van der Waals surface area contributed by atoms with Gasteiger partial charge in [0, 0.05) is 24.5 Å². The van der Waals surface area contributed by atoms with Gasteiger partial charge in [0.25, 0.3) is 0 Å². The maximum atomic E-state index is 4.28. The molecule has 0 bridgehead atoms. The van der Waals surface area contributed by atoms with Crippen molar-refractivity contribution in [1.82, 2.24) is 19.6 Å². The largest absolute Gasteiger partial charge is 0.380 e. The quantitative estimate of drug-likeness (QED) is 0.627. The van der Waals surface area contributed by atoms with Gasteiger partial charge in [-0.3, -0.25) is 4.98 Å². The van der Waals surface area contributed by atoms with Gasteiger partial charge in [-0.1, -0.05) is 30.3 Å². The molecular weight excluding hydrogens is 286 g/mol. The standard InChI is InChI=1S/C18H15N5/c1-4-17(23-18(5-1)21-13-22-23)15-8-6-14(7-9-15)11-20-16-3-2-10-19-12-16/h1-10,12-13,20H,11H2. The van der Waals surface area contributed by atoms with E-state index in [1.165, 1.54) is 5.56 Å². The fourth-order valence-electron chi connectivity index (χ4n) is 2.53. The number of aromatic nitrogens is 4. The van der Waals surface area contributed by atoms with Crippen LogP contribution >= 0.6 is 0 Å². The molecule has 0 unspecified atom stereocenters. The van der Waals surface area contributed by atoms with Gasteiger partial charge in [0.1, 0.15) is 6.33 Å². The number of hydrogen-bond donors (Lipinski definition) is 1. The number of pyridine rings is 2. The molecule has 0 atom stereocenters. The first-order valence-electron chi connectivity index (χ1n) is 7.42. The van der Waals surface area contributed by atoms with Crippen molar-refractivity contribution in [2.45, 2.75) is 6.54 Å². The second-order valence-corrected chi connectivity index (χ2v) is 5.23. The lowest BCUT2D eigenvalue weighted by Gasteiger charge is -2.08. The van der Waals surface area contributed by atoms with Crippen LogP contribution in [0.5, 0.6) is 0 Å². The van der Waals surface area contributed by atoms with E-state index in [4.69, 9.17) is 0 Å². The van der Waals surface area contributed by atoms with E-state index in [0.29, 0.717) is 0 Å². The summed E-state index contributed by atoms with van der Waals surface area (Å²) in [5, 5.41) is 7.64. The molecule has 0 fully saturated rings. The minimum atomic E-state index is 0.763. The van der Waals surface area contributed by atoms with Crippen molar-refractivity contribution in [3.8, 4) is 11.3 Å². The Morgan fingerprint density at radius 1 is 0.957 bits per heavy atom. The first-order chi connectivity index (χ1) is 11.4. The van der Waals surface area contributed by atoms with Crippen LogP contribution in [0, 0.1) is 0 Å². The molecule has 0 saturated carbocycles. The van der Waals surface area contributed by atoms with E-state index in [1.807, 2.05) is 41.0 Å². The fourth-order valence-corrected chi connectivity index (χ4v) is 2.53. The highest BCUT2D eigenvalue weighted by Crippen LogP contribution is 2.20. The zero-order valence-corrected chi connectivity index (χ0v) is 12.4. The molecule has 5 heteroatoms. The van der Waals surface area contributed by atoms with Crippen LogP contribution in [0.25, 0.3) is 16.9 Å². The van der Waals surface area contributed by atoms with Crippen molar-refractivity contribution in [3.63, 3.8) is 0 Å². The molecular formula is C18H15N5. The molecule has 0 aliphatic heterocycles. The number of nitrogens with zero attached hydrogens (tertiary/aromatic N) is 4.